The molecule has 0 amide bonds. The van der Waals surface area contributed by atoms with Crippen molar-refractivity contribution in [2.45, 2.75) is 25.4 Å². The molecule has 104 valence electrons. The largest absolute Gasteiger partial charge is 0.508 e. The second kappa shape index (κ2) is 6.30. The van der Waals surface area contributed by atoms with E-state index in [1.54, 1.807) is 12.1 Å². The third kappa shape index (κ3) is 3.64. The van der Waals surface area contributed by atoms with E-state index in [2.05, 4.69) is 11.8 Å². The first-order valence-corrected chi connectivity index (χ1v) is 7.57. The summed E-state index contributed by atoms with van der Waals surface area (Å²) in [7, 11) is 0. The molecule has 2 N–H and O–H groups in total. The molecule has 0 spiro atoms. The molecule has 2 rings (SSSR count). The quantitative estimate of drug-likeness (QED) is 0.887. The normalized spacial score (nSPS) is 22.1. The second-order valence-electron chi connectivity index (χ2n) is 4.83. The van der Waals surface area contributed by atoms with Crippen LogP contribution < -0.4 is 0 Å². The Kier molecular flexibility index (Phi) is 4.71. The van der Waals surface area contributed by atoms with Gasteiger partial charge in [-0.05, 0) is 24.6 Å². The molecule has 1 heterocycles. The number of carboxylic acids is 1. The molecular weight excluding hydrogens is 262 g/mol. The van der Waals surface area contributed by atoms with Gasteiger partial charge in [0.15, 0.2) is 0 Å². The summed E-state index contributed by atoms with van der Waals surface area (Å²) in [5.74, 6) is 1.43. The summed E-state index contributed by atoms with van der Waals surface area (Å²) >= 11 is 1.82. The zero-order valence-corrected chi connectivity index (χ0v) is 11.8. The number of nitrogens with zero attached hydrogens (tertiary/aromatic N) is 1. The Morgan fingerprint density at radius 2 is 2.16 bits per heavy atom. The van der Waals surface area contributed by atoms with Crippen LogP contribution in [0.15, 0.2) is 24.3 Å². The standard InChI is InChI=1S/C14H19NO3S/c1-10(11-2-4-13(16)5-3-11)15-6-7-19-9-12(15)8-14(17)18/h2-5,10,12,16H,6-9H2,1H3,(H,17,18). The Hall–Kier alpha value is -1.20. The van der Waals surface area contributed by atoms with Crippen molar-refractivity contribution in [2.75, 3.05) is 18.1 Å². The molecule has 4 nitrogen and oxygen atoms in total. The van der Waals surface area contributed by atoms with Crippen molar-refractivity contribution >= 4 is 17.7 Å². The maximum Gasteiger partial charge on any atom is 0.304 e. The fraction of sp³-hybridized carbons (Fsp3) is 0.500. The van der Waals surface area contributed by atoms with Crippen molar-refractivity contribution in [2.24, 2.45) is 0 Å². The van der Waals surface area contributed by atoms with Crippen molar-refractivity contribution in [3.05, 3.63) is 29.8 Å². The van der Waals surface area contributed by atoms with Gasteiger partial charge in [-0.25, -0.2) is 0 Å². The molecule has 1 saturated heterocycles. The number of hydrogen-bond donors (Lipinski definition) is 2. The molecule has 1 aromatic carbocycles. The van der Waals surface area contributed by atoms with Crippen molar-refractivity contribution in [3.63, 3.8) is 0 Å². The molecule has 2 unspecified atom stereocenters. The highest BCUT2D eigenvalue weighted by atomic mass is 32.2. The summed E-state index contributed by atoms with van der Waals surface area (Å²) in [6.45, 7) is 3.00. The van der Waals surface area contributed by atoms with E-state index in [0.29, 0.717) is 0 Å². The lowest BCUT2D eigenvalue weighted by Crippen LogP contribution is -2.44. The van der Waals surface area contributed by atoms with E-state index in [0.717, 1.165) is 23.6 Å². The van der Waals surface area contributed by atoms with Crippen molar-refractivity contribution in [1.82, 2.24) is 4.90 Å². The van der Waals surface area contributed by atoms with Gasteiger partial charge < -0.3 is 10.2 Å². The smallest absolute Gasteiger partial charge is 0.304 e. The number of carboxylic acid groups (broad SMARTS) is 1. The number of rotatable bonds is 4. The molecule has 0 saturated carbocycles. The van der Waals surface area contributed by atoms with Crippen LogP contribution in [-0.4, -0.2) is 45.2 Å². The van der Waals surface area contributed by atoms with Crippen molar-refractivity contribution in [3.8, 4) is 5.75 Å². The Morgan fingerprint density at radius 3 is 2.79 bits per heavy atom. The average Bonchev–Trinajstić information content (AvgIpc) is 2.39. The summed E-state index contributed by atoms with van der Waals surface area (Å²) in [5, 5.41) is 18.3. The van der Waals surface area contributed by atoms with Gasteiger partial charge >= 0.3 is 5.97 Å². The molecule has 0 radical (unpaired) electrons. The van der Waals surface area contributed by atoms with Gasteiger partial charge in [-0.2, -0.15) is 11.8 Å². The highest BCUT2D eigenvalue weighted by Gasteiger charge is 2.29. The number of benzene rings is 1. The van der Waals surface area contributed by atoms with E-state index >= 15 is 0 Å². The molecule has 1 fully saturated rings. The number of phenolic OH excluding ortho intramolecular Hbond substituents is 1. The van der Waals surface area contributed by atoms with Gasteiger partial charge in [0.05, 0.1) is 6.42 Å². The van der Waals surface area contributed by atoms with Crippen LogP contribution in [0.4, 0.5) is 0 Å². The first kappa shape index (κ1) is 14.2. The maximum atomic E-state index is 10.9. The van der Waals surface area contributed by atoms with Gasteiger partial charge in [-0.15, -0.1) is 0 Å². The van der Waals surface area contributed by atoms with Crippen LogP contribution in [0.2, 0.25) is 0 Å². The number of aromatic hydroxyl groups is 1. The lowest BCUT2D eigenvalue weighted by Gasteiger charge is -2.39. The molecule has 0 aliphatic carbocycles. The van der Waals surface area contributed by atoms with Crippen LogP contribution in [0.5, 0.6) is 5.75 Å². The van der Waals surface area contributed by atoms with Crippen LogP contribution in [0.25, 0.3) is 0 Å². The number of hydrogen-bond acceptors (Lipinski definition) is 4. The minimum absolute atomic E-state index is 0.0834. The molecular formula is C14H19NO3S. The third-order valence-electron chi connectivity index (χ3n) is 3.56. The lowest BCUT2D eigenvalue weighted by atomic mass is 10.0. The second-order valence-corrected chi connectivity index (χ2v) is 5.98. The Labute approximate surface area is 117 Å². The van der Waals surface area contributed by atoms with E-state index in [1.165, 1.54) is 0 Å². The van der Waals surface area contributed by atoms with Crippen LogP contribution in [0, 0.1) is 0 Å². The van der Waals surface area contributed by atoms with E-state index in [1.807, 2.05) is 23.9 Å². The van der Waals surface area contributed by atoms with Gasteiger partial charge in [0.25, 0.3) is 0 Å². The minimum Gasteiger partial charge on any atom is -0.508 e. The van der Waals surface area contributed by atoms with E-state index < -0.39 is 5.97 Å². The van der Waals surface area contributed by atoms with E-state index in [4.69, 9.17) is 5.11 Å². The molecule has 5 heteroatoms. The SMILES string of the molecule is CC(c1ccc(O)cc1)N1CCSCC1CC(=O)O. The van der Waals surface area contributed by atoms with E-state index in [9.17, 15) is 9.90 Å². The first-order valence-electron chi connectivity index (χ1n) is 6.42. The highest BCUT2D eigenvalue weighted by molar-refractivity contribution is 7.99. The maximum absolute atomic E-state index is 10.9. The fourth-order valence-corrected chi connectivity index (χ4v) is 3.59. The number of aliphatic carboxylic acids is 1. The van der Waals surface area contributed by atoms with Crippen LogP contribution in [0.3, 0.4) is 0 Å². The zero-order valence-electron chi connectivity index (χ0n) is 11.0. The zero-order chi connectivity index (χ0) is 13.8. The lowest BCUT2D eigenvalue weighted by molar-refractivity contribution is -0.138. The van der Waals surface area contributed by atoms with Gasteiger partial charge in [0.1, 0.15) is 5.75 Å². The van der Waals surface area contributed by atoms with Gasteiger partial charge in [0.2, 0.25) is 0 Å². The Bertz CT molecular complexity index is 435. The average molecular weight is 281 g/mol. The topological polar surface area (TPSA) is 60.8 Å². The number of thioether (sulfide) groups is 1. The summed E-state index contributed by atoms with van der Waals surface area (Å²) in [5.41, 5.74) is 1.11. The third-order valence-corrected chi connectivity index (χ3v) is 4.65. The summed E-state index contributed by atoms with van der Waals surface area (Å²) in [4.78, 5) is 13.2. The first-order chi connectivity index (χ1) is 9.08. The number of phenols is 1. The monoisotopic (exact) mass is 281 g/mol. The molecule has 1 aromatic rings. The van der Waals surface area contributed by atoms with Gasteiger partial charge in [0, 0.05) is 30.1 Å². The summed E-state index contributed by atoms with van der Waals surface area (Å²) in [6, 6.07) is 7.41. The highest BCUT2D eigenvalue weighted by Crippen LogP contribution is 2.29. The fourth-order valence-electron chi connectivity index (χ4n) is 2.50. The molecule has 2 atom stereocenters. The van der Waals surface area contributed by atoms with Crippen molar-refractivity contribution < 1.29 is 15.0 Å². The number of carbonyl (C=O) groups is 1. The van der Waals surface area contributed by atoms with Crippen molar-refractivity contribution in [1.29, 1.82) is 0 Å². The summed E-state index contributed by atoms with van der Waals surface area (Å²) in [6.07, 6.45) is 0.190. The molecule has 1 aliphatic heterocycles. The van der Waals surface area contributed by atoms with Crippen LogP contribution >= 0.6 is 11.8 Å². The molecule has 1 aliphatic rings. The predicted molar refractivity (Wildman–Crippen MR) is 76.6 cm³/mol. The van der Waals surface area contributed by atoms with Gasteiger partial charge in [-0.1, -0.05) is 12.1 Å². The molecule has 0 bridgehead atoms. The Balaban J connectivity index is 2.12. The Morgan fingerprint density at radius 1 is 1.47 bits per heavy atom. The van der Waals surface area contributed by atoms with Gasteiger partial charge in [-0.3, -0.25) is 9.69 Å². The predicted octanol–water partition coefficient (Wildman–Crippen LogP) is 2.35. The van der Waals surface area contributed by atoms with Crippen LogP contribution in [-0.2, 0) is 4.79 Å². The minimum atomic E-state index is -0.740. The van der Waals surface area contributed by atoms with Crippen LogP contribution in [0.1, 0.15) is 24.9 Å². The molecule has 19 heavy (non-hydrogen) atoms. The molecule has 0 aromatic heterocycles. The van der Waals surface area contributed by atoms with E-state index in [-0.39, 0.29) is 24.3 Å². The summed E-state index contributed by atoms with van der Waals surface area (Å²) < 4.78 is 0.